The Hall–Kier alpha value is -3.01. The average Bonchev–Trinajstić information content (AvgIpc) is 3.05. The number of nitrogens with one attached hydrogen (secondary N) is 1. The maximum absolute atomic E-state index is 13.1. The number of hydrogen-bond donors (Lipinski definition) is 1. The second kappa shape index (κ2) is 5.07. The normalized spacial score (nSPS) is 11.0. The molecule has 2 heterocycles. The van der Waals surface area contributed by atoms with E-state index in [1.165, 1.54) is 12.1 Å². The van der Waals surface area contributed by atoms with Crippen LogP contribution in [-0.2, 0) is 0 Å². The number of aromatic amines is 1. The number of halogens is 1. The van der Waals surface area contributed by atoms with Crippen LogP contribution >= 0.6 is 0 Å². The zero-order valence-electron chi connectivity index (χ0n) is 11.6. The molecule has 3 nitrogen and oxygen atoms in total. The van der Waals surface area contributed by atoms with Crippen LogP contribution in [-0.4, -0.2) is 15.2 Å². The Balaban J connectivity index is 1.85. The predicted molar refractivity (Wildman–Crippen MR) is 84.7 cm³/mol. The number of fused-ring (bicyclic) bond motifs is 1. The van der Waals surface area contributed by atoms with E-state index in [4.69, 9.17) is 0 Å². The second-order valence-electron chi connectivity index (χ2n) is 5.05. The highest BCUT2D eigenvalue weighted by Gasteiger charge is 2.11. The first kappa shape index (κ1) is 12.7. The molecule has 1 N–H and O–H groups in total. The summed E-state index contributed by atoms with van der Waals surface area (Å²) in [6.07, 6.45) is 1.75. The van der Waals surface area contributed by atoms with Gasteiger partial charge in [0, 0.05) is 16.5 Å². The van der Waals surface area contributed by atoms with E-state index in [9.17, 15) is 4.39 Å². The van der Waals surface area contributed by atoms with E-state index in [-0.39, 0.29) is 5.82 Å². The molecule has 0 saturated carbocycles. The van der Waals surface area contributed by atoms with Crippen LogP contribution in [0.3, 0.4) is 0 Å². The summed E-state index contributed by atoms with van der Waals surface area (Å²) >= 11 is 0. The van der Waals surface area contributed by atoms with Crippen molar-refractivity contribution in [1.82, 2.24) is 15.2 Å². The van der Waals surface area contributed by atoms with Crippen molar-refractivity contribution < 1.29 is 4.39 Å². The molecule has 22 heavy (non-hydrogen) atoms. The van der Waals surface area contributed by atoms with E-state index in [2.05, 4.69) is 15.2 Å². The van der Waals surface area contributed by atoms with Crippen LogP contribution in [0.15, 0.2) is 66.9 Å². The van der Waals surface area contributed by atoms with E-state index in [1.807, 2.05) is 36.4 Å². The highest BCUT2D eigenvalue weighted by Crippen LogP contribution is 2.30. The number of para-hydroxylation sites is 1. The smallest absolute Gasteiger partial charge is 0.123 e. The molecule has 4 rings (SSSR count). The highest BCUT2D eigenvalue weighted by atomic mass is 19.1. The lowest BCUT2D eigenvalue weighted by Gasteiger charge is -2.05. The Morgan fingerprint density at radius 1 is 0.864 bits per heavy atom. The lowest BCUT2D eigenvalue weighted by atomic mass is 10.0. The Bertz CT molecular complexity index is 942. The molecular weight excluding hydrogens is 277 g/mol. The van der Waals surface area contributed by atoms with Gasteiger partial charge in [0.15, 0.2) is 0 Å². The molecule has 0 unspecified atom stereocenters. The van der Waals surface area contributed by atoms with Gasteiger partial charge in [0.2, 0.25) is 0 Å². The summed E-state index contributed by atoms with van der Waals surface area (Å²) in [6, 6.07) is 18.3. The maximum atomic E-state index is 13.1. The van der Waals surface area contributed by atoms with Crippen LogP contribution < -0.4 is 0 Å². The van der Waals surface area contributed by atoms with Crippen molar-refractivity contribution in [1.29, 1.82) is 0 Å². The standard InChI is InChI=1S/C18H12FN3/c19-14-8-5-13(6-9-14)18-15(11-20-22-18)17-10-7-12-3-1-2-4-16(12)21-17/h1-11H,(H,20,22). The summed E-state index contributed by atoms with van der Waals surface area (Å²) in [4.78, 5) is 4.69. The summed E-state index contributed by atoms with van der Waals surface area (Å²) in [5.41, 5.74) is 4.39. The molecule has 2 aromatic heterocycles. The number of benzene rings is 2. The third-order valence-electron chi connectivity index (χ3n) is 3.65. The fraction of sp³-hybridized carbons (Fsp3) is 0. The van der Waals surface area contributed by atoms with Crippen molar-refractivity contribution in [2.45, 2.75) is 0 Å². The number of rotatable bonds is 2. The van der Waals surface area contributed by atoms with Gasteiger partial charge in [-0.1, -0.05) is 24.3 Å². The first-order valence-corrected chi connectivity index (χ1v) is 6.97. The average molecular weight is 289 g/mol. The van der Waals surface area contributed by atoms with Gasteiger partial charge in [0.05, 0.1) is 23.1 Å². The molecule has 0 aliphatic carbocycles. The molecule has 4 aromatic rings. The second-order valence-corrected chi connectivity index (χ2v) is 5.05. The molecule has 0 amide bonds. The summed E-state index contributed by atoms with van der Waals surface area (Å²) < 4.78 is 13.1. The van der Waals surface area contributed by atoms with Crippen molar-refractivity contribution in [3.8, 4) is 22.5 Å². The SMILES string of the molecule is Fc1ccc(-c2[nH]ncc2-c2ccc3ccccc3n2)cc1. The van der Waals surface area contributed by atoms with Gasteiger partial charge < -0.3 is 0 Å². The van der Waals surface area contributed by atoms with Crippen molar-refractivity contribution in [3.63, 3.8) is 0 Å². The largest absolute Gasteiger partial charge is 0.277 e. The molecule has 0 atom stereocenters. The topological polar surface area (TPSA) is 41.6 Å². The molecular formula is C18H12FN3. The number of H-pyrrole nitrogens is 1. The van der Waals surface area contributed by atoms with E-state index in [0.29, 0.717) is 0 Å². The van der Waals surface area contributed by atoms with Gasteiger partial charge in [-0.15, -0.1) is 0 Å². The monoisotopic (exact) mass is 289 g/mol. The molecule has 0 fully saturated rings. The van der Waals surface area contributed by atoms with E-state index in [1.54, 1.807) is 18.3 Å². The maximum Gasteiger partial charge on any atom is 0.123 e. The molecule has 0 aliphatic rings. The van der Waals surface area contributed by atoms with Crippen molar-refractivity contribution in [2.75, 3.05) is 0 Å². The van der Waals surface area contributed by atoms with Gasteiger partial charge in [-0.3, -0.25) is 5.10 Å². The minimum atomic E-state index is -0.256. The molecule has 0 aliphatic heterocycles. The third kappa shape index (κ3) is 2.15. The summed E-state index contributed by atoms with van der Waals surface area (Å²) in [5.74, 6) is -0.256. The lowest BCUT2D eigenvalue weighted by molar-refractivity contribution is 0.628. The Morgan fingerprint density at radius 3 is 2.55 bits per heavy atom. The summed E-state index contributed by atoms with van der Waals surface area (Å²) in [6.45, 7) is 0. The van der Waals surface area contributed by atoms with E-state index in [0.717, 1.165) is 33.4 Å². The molecule has 4 heteroatoms. The number of aromatic nitrogens is 3. The molecule has 0 bridgehead atoms. The van der Waals surface area contributed by atoms with Gasteiger partial charge in [-0.05, 0) is 36.4 Å². The zero-order chi connectivity index (χ0) is 14.9. The van der Waals surface area contributed by atoms with Crippen LogP contribution in [0.25, 0.3) is 33.4 Å². The van der Waals surface area contributed by atoms with Gasteiger partial charge in [-0.25, -0.2) is 9.37 Å². The van der Waals surface area contributed by atoms with Crippen LogP contribution in [0.1, 0.15) is 0 Å². The Labute approximate surface area is 126 Å². The van der Waals surface area contributed by atoms with Crippen LogP contribution in [0.4, 0.5) is 4.39 Å². The fourth-order valence-corrected chi connectivity index (χ4v) is 2.53. The Morgan fingerprint density at radius 2 is 1.68 bits per heavy atom. The van der Waals surface area contributed by atoms with Crippen molar-refractivity contribution >= 4 is 10.9 Å². The van der Waals surface area contributed by atoms with E-state index < -0.39 is 0 Å². The van der Waals surface area contributed by atoms with Gasteiger partial charge in [0.1, 0.15) is 5.82 Å². The molecule has 0 saturated heterocycles. The van der Waals surface area contributed by atoms with Crippen molar-refractivity contribution in [3.05, 3.63) is 72.7 Å². The number of hydrogen-bond acceptors (Lipinski definition) is 2. The van der Waals surface area contributed by atoms with Gasteiger partial charge in [0.25, 0.3) is 0 Å². The predicted octanol–water partition coefficient (Wildman–Crippen LogP) is 4.43. The van der Waals surface area contributed by atoms with Crippen molar-refractivity contribution in [2.24, 2.45) is 0 Å². The number of pyridine rings is 1. The minimum absolute atomic E-state index is 0.256. The van der Waals surface area contributed by atoms with Crippen LogP contribution in [0.2, 0.25) is 0 Å². The minimum Gasteiger partial charge on any atom is -0.277 e. The van der Waals surface area contributed by atoms with Gasteiger partial charge in [-0.2, -0.15) is 5.10 Å². The third-order valence-corrected chi connectivity index (χ3v) is 3.65. The van der Waals surface area contributed by atoms with Gasteiger partial charge >= 0.3 is 0 Å². The zero-order valence-corrected chi connectivity index (χ0v) is 11.6. The summed E-state index contributed by atoms with van der Waals surface area (Å²) in [5, 5.41) is 8.19. The molecule has 2 aromatic carbocycles. The summed E-state index contributed by atoms with van der Waals surface area (Å²) in [7, 11) is 0. The lowest BCUT2D eigenvalue weighted by Crippen LogP contribution is -1.87. The molecule has 106 valence electrons. The Kier molecular flexibility index (Phi) is 2.93. The van der Waals surface area contributed by atoms with Crippen LogP contribution in [0.5, 0.6) is 0 Å². The first-order chi connectivity index (χ1) is 10.8. The van der Waals surface area contributed by atoms with Crippen LogP contribution in [0, 0.1) is 5.82 Å². The quantitative estimate of drug-likeness (QED) is 0.593. The number of nitrogens with zero attached hydrogens (tertiary/aromatic N) is 2. The highest BCUT2D eigenvalue weighted by molar-refractivity contribution is 5.84. The first-order valence-electron chi connectivity index (χ1n) is 6.97. The fourth-order valence-electron chi connectivity index (χ4n) is 2.53. The van der Waals surface area contributed by atoms with E-state index >= 15 is 0 Å². The molecule has 0 spiro atoms. The molecule has 0 radical (unpaired) electrons.